The highest BCUT2D eigenvalue weighted by molar-refractivity contribution is 5.99. The first kappa shape index (κ1) is 17.6. The summed E-state index contributed by atoms with van der Waals surface area (Å²) in [6.07, 6.45) is 6.05. The van der Waals surface area contributed by atoms with Crippen molar-refractivity contribution in [2.24, 2.45) is 0 Å². The van der Waals surface area contributed by atoms with Crippen LogP contribution >= 0.6 is 0 Å². The quantitative estimate of drug-likeness (QED) is 0.580. The Hall–Kier alpha value is -3.22. The maximum absolute atomic E-state index is 13.5. The molecule has 1 aliphatic carbocycles. The Morgan fingerprint density at radius 3 is 2.50 bits per heavy atom. The molecular weight excluding hydrogens is 382 g/mol. The summed E-state index contributed by atoms with van der Waals surface area (Å²) in [5, 5.41) is 0. The summed E-state index contributed by atoms with van der Waals surface area (Å²) in [7, 11) is 0. The Morgan fingerprint density at radius 2 is 1.83 bits per heavy atom. The van der Waals surface area contributed by atoms with Crippen LogP contribution in [0.3, 0.4) is 0 Å². The highest BCUT2D eigenvalue weighted by atomic mass is 16.6. The molecular formula is C23H21N3O4. The highest BCUT2D eigenvalue weighted by Crippen LogP contribution is 2.52. The number of β-lactam (4-membered cyclic amide) rings is 1. The summed E-state index contributed by atoms with van der Waals surface area (Å²) in [5.41, 5.74) is 1.99. The number of carbonyl (C=O) groups is 3. The van der Waals surface area contributed by atoms with Crippen LogP contribution in [-0.4, -0.2) is 47.3 Å². The number of hydrogen-bond acceptors (Lipinski definition) is 5. The number of rotatable bonds is 3. The molecule has 0 radical (unpaired) electrons. The number of pyridine rings is 1. The van der Waals surface area contributed by atoms with Gasteiger partial charge in [0.2, 0.25) is 11.8 Å². The summed E-state index contributed by atoms with van der Waals surface area (Å²) in [6.45, 7) is 1.71. The molecule has 1 aromatic heterocycles. The van der Waals surface area contributed by atoms with Crippen LogP contribution in [0.2, 0.25) is 0 Å². The van der Waals surface area contributed by atoms with E-state index in [1.165, 1.54) is 0 Å². The standard InChI is InChI=1S/C23H21N3O4/c27-19-6-11-26(19)16-3-1-15(2-4-16)22(7-8-22)21(29)25-12-9-23(14-25)18-5-10-24-13-17(18)20(28)30-23/h1-5,10,13H,6-9,11-12,14H2. The molecule has 2 amide bonds. The molecule has 7 nitrogen and oxygen atoms in total. The van der Waals surface area contributed by atoms with Gasteiger partial charge in [0, 0.05) is 49.6 Å². The Bertz CT molecular complexity index is 1090. The number of carbonyl (C=O) groups excluding carboxylic acids is 3. The van der Waals surface area contributed by atoms with Gasteiger partial charge in [0.25, 0.3) is 0 Å². The first-order valence-electron chi connectivity index (χ1n) is 10.4. The van der Waals surface area contributed by atoms with E-state index < -0.39 is 11.0 Å². The van der Waals surface area contributed by atoms with E-state index in [0.717, 1.165) is 36.2 Å². The van der Waals surface area contributed by atoms with Gasteiger partial charge in [-0.3, -0.25) is 14.6 Å². The average molecular weight is 403 g/mol. The second-order valence-electron chi connectivity index (χ2n) is 8.71. The maximum atomic E-state index is 13.5. The van der Waals surface area contributed by atoms with Crippen LogP contribution in [0.4, 0.5) is 5.69 Å². The molecule has 30 heavy (non-hydrogen) atoms. The average Bonchev–Trinajstić information content (AvgIpc) is 3.39. The molecule has 4 heterocycles. The lowest BCUT2D eigenvalue weighted by Gasteiger charge is -2.31. The Balaban J connectivity index is 1.24. The van der Waals surface area contributed by atoms with Crippen molar-refractivity contribution in [2.75, 3.05) is 24.5 Å². The number of aromatic nitrogens is 1. The topological polar surface area (TPSA) is 79.8 Å². The second kappa shape index (κ2) is 5.90. The van der Waals surface area contributed by atoms with Crippen LogP contribution < -0.4 is 4.90 Å². The van der Waals surface area contributed by atoms with E-state index in [-0.39, 0.29) is 17.8 Å². The lowest BCUT2D eigenvalue weighted by Crippen LogP contribution is -2.43. The van der Waals surface area contributed by atoms with E-state index in [0.29, 0.717) is 31.5 Å². The fraction of sp³-hybridized carbons (Fsp3) is 0.391. The molecule has 7 heteroatoms. The fourth-order valence-corrected chi connectivity index (χ4v) is 5.10. The molecule has 2 saturated heterocycles. The predicted octanol–water partition coefficient (Wildman–Crippen LogP) is 2.15. The maximum Gasteiger partial charge on any atom is 0.341 e. The van der Waals surface area contributed by atoms with Crippen molar-refractivity contribution in [3.63, 3.8) is 0 Å². The fourth-order valence-electron chi connectivity index (χ4n) is 5.10. The molecule has 1 aromatic carbocycles. The third kappa shape index (κ3) is 2.32. The van der Waals surface area contributed by atoms with Gasteiger partial charge in [-0.2, -0.15) is 0 Å². The van der Waals surface area contributed by atoms with Crippen LogP contribution in [0, 0.1) is 0 Å². The Labute approximate surface area is 173 Å². The first-order valence-corrected chi connectivity index (χ1v) is 10.4. The monoisotopic (exact) mass is 403 g/mol. The summed E-state index contributed by atoms with van der Waals surface area (Å²) >= 11 is 0. The van der Waals surface area contributed by atoms with Crippen LogP contribution in [0.25, 0.3) is 0 Å². The van der Waals surface area contributed by atoms with Gasteiger partial charge in [0.05, 0.1) is 17.5 Å². The zero-order valence-electron chi connectivity index (χ0n) is 16.5. The summed E-state index contributed by atoms with van der Waals surface area (Å²) in [6, 6.07) is 9.67. The zero-order chi connectivity index (χ0) is 20.5. The number of fused-ring (bicyclic) bond motifs is 2. The molecule has 1 spiro atoms. The molecule has 4 aliphatic rings. The SMILES string of the molecule is O=C1OC2(CCN(C(=O)C3(c4ccc(N5CCC5=O)cc4)CC3)C2)c2ccncc21. The van der Waals surface area contributed by atoms with E-state index in [1.54, 1.807) is 17.3 Å². The van der Waals surface area contributed by atoms with Crippen LogP contribution in [0.15, 0.2) is 42.7 Å². The minimum Gasteiger partial charge on any atom is -0.449 e. The van der Waals surface area contributed by atoms with Crippen LogP contribution in [0.1, 0.15) is 47.2 Å². The molecule has 0 N–H and O–H groups in total. The van der Waals surface area contributed by atoms with Gasteiger partial charge in [-0.05, 0) is 36.6 Å². The number of amides is 2. The highest BCUT2D eigenvalue weighted by Gasteiger charge is 2.57. The van der Waals surface area contributed by atoms with Gasteiger partial charge >= 0.3 is 5.97 Å². The van der Waals surface area contributed by atoms with E-state index in [9.17, 15) is 14.4 Å². The van der Waals surface area contributed by atoms with Crippen molar-refractivity contribution in [3.05, 3.63) is 59.4 Å². The Morgan fingerprint density at radius 1 is 1.03 bits per heavy atom. The third-order valence-electron chi connectivity index (χ3n) is 7.08. The Kier molecular flexibility index (Phi) is 3.47. The van der Waals surface area contributed by atoms with Crippen molar-refractivity contribution in [1.29, 1.82) is 0 Å². The smallest absolute Gasteiger partial charge is 0.341 e. The first-order chi connectivity index (χ1) is 14.5. The van der Waals surface area contributed by atoms with Gasteiger partial charge in [-0.1, -0.05) is 12.1 Å². The van der Waals surface area contributed by atoms with Crippen LogP contribution in [-0.2, 0) is 25.3 Å². The number of anilines is 1. The summed E-state index contributed by atoms with van der Waals surface area (Å²) < 4.78 is 5.76. The molecule has 0 bridgehead atoms. The third-order valence-corrected chi connectivity index (χ3v) is 7.08. The largest absolute Gasteiger partial charge is 0.449 e. The van der Waals surface area contributed by atoms with E-state index in [1.807, 2.05) is 35.2 Å². The number of benzene rings is 1. The van der Waals surface area contributed by atoms with Crippen molar-refractivity contribution in [1.82, 2.24) is 9.88 Å². The number of esters is 1. The number of likely N-dealkylation sites (tertiary alicyclic amines) is 1. The summed E-state index contributed by atoms with van der Waals surface area (Å²) in [4.78, 5) is 45.1. The molecule has 1 unspecified atom stereocenters. The van der Waals surface area contributed by atoms with Crippen LogP contribution in [0.5, 0.6) is 0 Å². The molecule has 3 fully saturated rings. The predicted molar refractivity (Wildman–Crippen MR) is 107 cm³/mol. The van der Waals surface area contributed by atoms with Gasteiger partial charge < -0.3 is 14.5 Å². The van der Waals surface area contributed by atoms with Crippen molar-refractivity contribution in [2.45, 2.75) is 36.7 Å². The van der Waals surface area contributed by atoms with E-state index >= 15 is 0 Å². The minimum absolute atomic E-state index is 0.103. The number of nitrogens with zero attached hydrogens (tertiary/aromatic N) is 3. The minimum atomic E-state index is -0.747. The van der Waals surface area contributed by atoms with Crippen molar-refractivity contribution in [3.8, 4) is 0 Å². The molecule has 1 atom stereocenters. The zero-order valence-corrected chi connectivity index (χ0v) is 16.5. The molecule has 1 saturated carbocycles. The van der Waals surface area contributed by atoms with Gasteiger partial charge in [0.15, 0.2) is 5.60 Å². The normalized spacial score (nSPS) is 25.9. The van der Waals surface area contributed by atoms with Crippen molar-refractivity contribution < 1.29 is 19.1 Å². The van der Waals surface area contributed by atoms with Gasteiger partial charge in [-0.15, -0.1) is 0 Å². The summed E-state index contributed by atoms with van der Waals surface area (Å²) in [5.74, 6) is -0.112. The molecule has 3 aliphatic heterocycles. The number of hydrogen-bond donors (Lipinski definition) is 0. The van der Waals surface area contributed by atoms with Crippen molar-refractivity contribution >= 4 is 23.5 Å². The molecule has 152 valence electrons. The lowest BCUT2D eigenvalue weighted by atomic mass is 9.92. The molecule has 2 aromatic rings. The van der Waals surface area contributed by atoms with E-state index in [2.05, 4.69) is 4.98 Å². The van der Waals surface area contributed by atoms with Gasteiger partial charge in [-0.25, -0.2) is 4.79 Å². The van der Waals surface area contributed by atoms with E-state index in [4.69, 9.17) is 4.74 Å². The van der Waals surface area contributed by atoms with Gasteiger partial charge in [0.1, 0.15) is 0 Å². The lowest BCUT2D eigenvalue weighted by molar-refractivity contribution is -0.134. The number of ether oxygens (including phenoxy) is 1. The molecule has 6 rings (SSSR count). The second-order valence-corrected chi connectivity index (χ2v) is 8.71.